The van der Waals surface area contributed by atoms with Crippen LogP contribution in [0.3, 0.4) is 0 Å². The zero-order valence-electron chi connectivity index (χ0n) is 11.0. The van der Waals surface area contributed by atoms with Crippen LogP contribution in [-0.2, 0) is 9.59 Å². The minimum Gasteiger partial charge on any atom is -0.481 e. The lowest BCUT2D eigenvalue weighted by Gasteiger charge is -2.19. The van der Waals surface area contributed by atoms with Gasteiger partial charge in [-0.15, -0.1) is 0 Å². The van der Waals surface area contributed by atoms with Crippen LogP contribution in [0.15, 0.2) is 11.1 Å². The van der Waals surface area contributed by atoms with Gasteiger partial charge in [0.05, 0.1) is 0 Å². The molecule has 0 bridgehead atoms. The van der Waals surface area contributed by atoms with Gasteiger partial charge in [-0.1, -0.05) is 25.0 Å². The first-order valence-electron chi connectivity index (χ1n) is 5.53. The molecule has 0 aliphatic carbocycles. The fourth-order valence-corrected chi connectivity index (χ4v) is 1.21. The van der Waals surface area contributed by atoms with Crippen molar-refractivity contribution in [3.8, 4) is 0 Å². The van der Waals surface area contributed by atoms with Crippen LogP contribution in [0.25, 0.3) is 0 Å². The molecule has 0 spiro atoms. The van der Waals surface area contributed by atoms with Crippen LogP contribution < -0.4 is 0 Å². The van der Waals surface area contributed by atoms with Crippen LogP contribution in [0, 0.1) is 11.3 Å². The van der Waals surface area contributed by atoms with Gasteiger partial charge in [0.15, 0.2) is 5.78 Å². The van der Waals surface area contributed by atoms with Gasteiger partial charge in [0.1, 0.15) is 5.41 Å². The summed E-state index contributed by atoms with van der Waals surface area (Å²) in [6, 6.07) is 0. The summed E-state index contributed by atoms with van der Waals surface area (Å²) in [4.78, 5) is 22.7. The zero-order valence-corrected chi connectivity index (χ0v) is 11.0. The predicted octanol–water partition coefficient (Wildman–Crippen LogP) is 3.05. The molecule has 3 heteroatoms. The first kappa shape index (κ1) is 14.9. The van der Waals surface area contributed by atoms with Crippen molar-refractivity contribution in [3.63, 3.8) is 0 Å². The lowest BCUT2D eigenvalue weighted by molar-refractivity contribution is -0.152. The smallest absolute Gasteiger partial charge is 0.316 e. The molecule has 0 unspecified atom stereocenters. The Morgan fingerprint density at radius 1 is 1.19 bits per heavy atom. The maximum absolute atomic E-state index is 11.8. The zero-order chi connectivity index (χ0) is 13.1. The summed E-state index contributed by atoms with van der Waals surface area (Å²) in [5.74, 6) is -0.911. The maximum Gasteiger partial charge on any atom is 0.316 e. The van der Waals surface area contributed by atoms with E-state index < -0.39 is 11.4 Å². The Morgan fingerprint density at radius 2 is 1.62 bits per heavy atom. The number of rotatable bonds is 5. The van der Waals surface area contributed by atoms with E-state index in [0.717, 1.165) is 11.1 Å². The molecule has 0 rings (SSSR count). The van der Waals surface area contributed by atoms with Crippen molar-refractivity contribution in [2.75, 3.05) is 0 Å². The van der Waals surface area contributed by atoms with E-state index in [-0.39, 0.29) is 12.2 Å². The molecule has 0 aromatic rings. The molecule has 0 radical (unpaired) electrons. The summed E-state index contributed by atoms with van der Waals surface area (Å²) in [7, 11) is 0. The number of carbonyl (C=O) groups is 2. The molecular formula is C13H22O3. The van der Waals surface area contributed by atoms with Crippen molar-refractivity contribution in [2.45, 2.75) is 48.0 Å². The van der Waals surface area contributed by atoms with Crippen LogP contribution >= 0.6 is 0 Å². The van der Waals surface area contributed by atoms with E-state index in [1.807, 2.05) is 13.8 Å². The Labute approximate surface area is 97.5 Å². The van der Waals surface area contributed by atoms with Crippen molar-refractivity contribution in [1.29, 1.82) is 0 Å². The van der Waals surface area contributed by atoms with Gasteiger partial charge in [0, 0.05) is 6.42 Å². The number of hydrogen-bond acceptors (Lipinski definition) is 2. The highest BCUT2D eigenvalue weighted by molar-refractivity contribution is 6.03. The van der Waals surface area contributed by atoms with Gasteiger partial charge in [-0.2, -0.15) is 0 Å². The average Bonchev–Trinajstić information content (AvgIpc) is 2.15. The Kier molecular flexibility index (Phi) is 4.91. The number of ketones is 1. The maximum atomic E-state index is 11.8. The highest BCUT2D eigenvalue weighted by Gasteiger charge is 2.35. The third-order valence-corrected chi connectivity index (χ3v) is 3.20. The van der Waals surface area contributed by atoms with Crippen molar-refractivity contribution in [2.24, 2.45) is 11.3 Å². The van der Waals surface area contributed by atoms with Gasteiger partial charge in [0.2, 0.25) is 0 Å². The van der Waals surface area contributed by atoms with Crippen LogP contribution in [-0.4, -0.2) is 16.9 Å². The number of aliphatic carboxylic acids is 1. The van der Waals surface area contributed by atoms with E-state index in [9.17, 15) is 9.59 Å². The summed E-state index contributed by atoms with van der Waals surface area (Å²) in [5.41, 5.74) is 0.849. The minimum atomic E-state index is -1.29. The molecule has 0 heterocycles. The van der Waals surface area contributed by atoms with Gasteiger partial charge in [-0.05, 0) is 33.6 Å². The largest absolute Gasteiger partial charge is 0.481 e. The van der Waals surface area contributed by atoms with Crippen molar-refractivity contribution >= 4 is 11.8 Å². The summed E-state index contributed by atoms with van der Waals surface area (Å²) >= 11 is 0. The Bertz CT molecular complexity index is 322. The second-order valence-corrected chi connectivity index (χ2v) is 5.15. The Balaban J connectivity index is 4.84. The van der Waals surface area contributed by atoms with E-state index >= 15 is 0 Å². The molecule has 0 atom stereocenters. The van der Waals surface area contributed by atoms with E-state index in [1.54, 1.807) is 0 Å². The molecule has 16 heavy (non-hydrogen) atoms. The first-order chi connectivity index (χ1) is 7.10. The molecule has 0 fully saturated rings. The van der Waals surface area contributed by atoms with Gasteiger partial charge >= 0.3 is 5.97 Å². The second-order valence-electron chi connectivity index (χ2n) is 5.15. The lowest BCUT2D eigenvalue weighted by atomic mass is 9.83. The topological polar surface area (TPSA) is 54.4 Å². The molecule has 92 valence electrons. The van der Waals surface area contributed by atoms with Gasteiger partial charge in [-0.25, -0.2) is 0 Å². The number of Topliss-reactive ketones (excluding diaryl/α,β-unsaturated/α-hetero) is 1. The Hall–Kier alpha value is -1.12. The SMILES string of the molecule is C/C(CC(=O)C(C)(C)C(=O)O)=C(/C)C(C)C. The standard InChI is InChI=1S/C13H22O3/c1-8(2)10(4)9(3)7-11(14)13(5,6)12(15)16/h8H,7H2,1-6H3,(H,15,16)/b10-9+. The first-order valence-corrected chi connectivity index (χ1v) is 5.53. The summed E-state index contributed by atoms with van der Waals surface area (Å²) in [5, 5.41) is 8.94. The predicted molar refractivity (Wildman–Crippen MR) is 64.3 cm³/mol. The molecular weight excluding hydrogens is 204 g/mol. The fourth-order valence-electron chi connectivity index (χ4n) is 1.21. The van der Waals surface area contributed by atoms with Crippen molar-refractivity contribution in [1.82, 2.24) is 0 Å². The normalized spacial score (nSPS) is 13.7. The monoisotopic (exact) mass is 226 g/mol. The van der Waals surface area contributed by atoms with Crippen LogP contribution in [0.1, 0.15) is 48.0 Å². The number of allylic oxidation sites excluding steroid dienone is 2. The number of carboxylic acids is 1. The van der Waals surface area contributed by atoms with Crippen molar-refractivity contribution < 1.29 is 14.7 Å². The van der Waals surface area contributed by atoms with Crippen LogP contribution in [0.4, 0.5) is 0 Å². The average molecular weight is 226 g/mol. The molecule has 3 nitrogen and oxygen atoms in total. The molecule has 0 aromatic carbocycles. The number of hydrogen-bond donors (Lipinski definition) is 1. The van der Waals surface area contributed by atoms with Gasteiger partial charge in [0.25, 0.3) is 0 Å². The molecule has 0 saturated heterocycles. The van der Waals surface area contributed by atoms with Crippen molar-refractivity contribution in [3.05, 3.63) is 11.1 Å². The fraction of sp³-hybridized carbons (Fsp3) is 0.692. The molecule has 0 aliphatic heterocycles. The quantitative estimate of drug-likeness (QED) is 0.579. The molecule has 0 aliphatic rings. The molecule has 0 aromatic heterocycles. The van der Waals surface area contributed by atoms with Gasteiger partial charge in [-0.3, -0.25) is 9.59 Å². The highest BCUT2D eigenvalue weighted by Crippen LogP contribution is 2.24. The van der Waals surface area contributed by atoms with E-state index in [4.69, 9.17) is 5.11 Å². The van der Waals surface area contributed by atoms with Crippen LogP contribution in [0.5, 0.6) is 0 Å². The molecule has 0 saturated carbocycles. The minimum absolute atomic E-state index is 0.226. The lowest BCUT2D eigenvalue weighted by Crippen LogP contribution is -2.33. The Morgan fingerprint density at radius 3 is 1.94 bits per heavy atom. The highest BCUT2D eigenvalue weighted by atomic mass is 16.4. The molecule has 0 amide bonds. The van der Waals surface area contributed by atoms with Crippen LogP contribution in [0.2, 0.25) is 0 Å². The second kappa shape index (κ2) is 5.28. The summed E-state index contributed by atoms with van der Waals surface area (Å²) in [6.45, 7) is 10.9. The van der Waals surface area contributed by atoms with Gasteiger partial charge < -0.3 is 5.11 Å². The summed E-state index contributed by atoms with van der Waals surface area (Å²) in [6.07, 6.45) is 0.226. The van der Waals surface area contributed by atoms with E-state index in [2.05, 4.69) is 13.8 Å². The number of carboxylic acid groups (broad SMARTS) is 1. The van der Waals surface area contributed by atoms with E-state index in [1.165, 1.54) is 13.8 Å². The third-order valence-electron chi connectivity index (χ3n) is 3.20. The third kappa shape index (κ3) is 3.47. The van der Waals surface area contributed by atoms with E-state index in [0.29, 0.717) is 5.92 Å². The molecule has 1 N–H and O–H groups in total. The summed E-state index contributed by atoms with van der Waals surface area (Å²) < 4.78 is 0. The number of carbonyl (C=O) groups excluding carboxylic acids is 1.